The summed E-state index contributed by atoms with van der Waals surface area (Å²) in [5.74, 6) is 4.35. The zero-order valence-electron chi connectivity index (χ0n) is 62.7. The molecule has 9 N–H and O–H groups in total. The minimum atomic E-state index is -3.81. The van der Waals surface area contributed by atoms with Gasteiger partial charge in [-0.1, -0.05) is 32.5 Å². The van der Waals surface area contributed by atoms with Gasteiger partial charge in [0.1, 0.15) is 28.7 Å². The monoisotopic (exact) mass is 1790 g/mol. The Morgan fingerprint density at radius 1 is 0.564 bits per heavy atom. The predicted molar refractivity (Wildman–Crippen MR) is 429 cm³/mol. The molecule has 110 heavy (non-hydrogen) atoms. The Morgan fingerprint density at radius 3 is 1.12 bits per heavy atom. The molecule has 5 aromatic rings. The Labute approximate surface area is 704 Å². The second-order valence-corrected chi connectivity index (χ2v) is 35.8. The summed E-state index contributed by atoms with van der Waals surface area (Å²) in [6, 6.07) is 30.6. The number of hydrogen-bond donors (Lipinski definition) is 9. The molecule has 0 aromatic heterocycles. The van der Waals surface area contributed by atoms with Crippen LogP contribution in [0.25, 0.3) is 0 Å². The fraction of sp³-hybridized carbons (Fsp3) is 0.500. The van der Waals surface area contributed by atoms with Crippen molar-refractivity contribution in [1.29, 1.82) is 0 Å². The van der Waals surface area contributed by atoms with Gasteiger partial charge in [-0.25, -0.2) is 66.5 Å². The van der Waals surface area contributed by atoms with Gasteiger partial charge in [0.15, 0.2) is 15.9 Å². The van der Waals surface area contributed by atoms with Crippen LogP contribution in [0, 0.1) is 37.7 Å². The van der Waals surface area contributed by atoms with Crippen molar-refractivity contribution in [1.82, 2.24) is 33.2 Å². The molecule has 2 saturated heterocycles. The van der Waals surface area contributed by atoms with Crippen LogP contribution in [0.3, 0.4) is 0 Å². The van der Waals surface area contributed by atoms with Crippen LogP contribution in [0.15, 0.2) is 146 Å². The SMILES string of the molecule is CCN(CC)CC.COC(=O)C1SCCCN1S(=O)(=O)c1ccc(OC)cc1.COc1ccc(S(=O)(=O)N2CCCSC2C(=O)NO)cc1.COc1ccc(S(=O)(=O)NCCCO)cc1.COc1ccc(S(=O)(=O)NCCCS)cc1.COc1ccc(S(=O)(=O)NCCCSC(C)=O)cc1.NCCCO.O=S([O-])Cl.[Ar]. The summed E-state index contributed by atoms with van der Waals surface area (Å²) in [6.45, 7) is 13.9. The van der Waals surface area contributed by atoms with Gasteiger partial charge in [0, 0.05) is 107 Å². The van der Waals surface area contributed by atoms with Crippen molar-refractivity contribution in [3.63, 3.8) is 0 Å². The van der Waals surface area contributed by atoms with E-state index in [4.69, 9.17) is 58.3 Å². The van der Waals surface area contributed by atoms with E-state index < -0.39 is 83.0 Å². The fourth-order valence-electron chi connectivity index (χ4n) is 8.38. The van der Waals surface area contributed by atoms with Gasteiger partial charge in [0.05, 0.1) is 67.1 Å². The number of ether oxygens (including phenoxy) is 6. The predicted octanol–water partition coefficient (Wildman–Crippen LogP) is 5.96. The minimum absolute atomic E-state index is 0. The zero-order chi connectivity index (χ0) is 82.7. The minimum Gasteiger partial charge on any atom is -0.760 e. The molecule has 1 amide bonds. The van der Waals surface area contributed by atoms with E-state index in [1.807, 2.05) is 0 Å². The number of carbonyl (C=O) groups is 3. The number of amides is 1. The molecule has 0 aliphatic carbocycles. The van der Waals surface area contributed by atoms with Crippen LogP contribution >= 0.6 is 58.6 Å². The quantitative estimate of drug-likeness (QED) is 0.00456. The Kier molecular flexibility index (Phi) is 59.6. The maximum absolute atomic E-state index is 12.7. The van der Waals surface area contributed by atoms with Crippen molar-refractivity contribution >= 4 is 136 Å². The average Bonchev–Trinajstić information content (AvgIpc) is 0.789. The molecule has 44 heteroatoms. The second kappa shape index (κ2) is 60.6. The van der Waals surface area contributed by atoms with E-state index in [1.54, 1.807) is 60.7 Å². The van der Waals surface area contributed by atoms with Crippen LogP contribution in [0.2, 0.25) is 0 Å². The van der Waals surface area contributed by atoms with Gasteiger partial charge in [-0.15, -0.1) is 23.5 Å². The molecule has 0 saturated carbocycles. The third-order valence-electron chi connectivity index (χ3n) is 14.2. The molecule has 5 aromatic carbocycles. The zero-order valence-corrected chi connectivity index (χ0v) is 72.4. The molecule has 32 nitrogen and oxygen atoms in total. The number of rotatable bonds is 32. The summed E-state index contributed by atoms with van der Waals surface area (Å²) in [5, 5.41) is 23.5. The van der Waals surface area contributed by atoms with Crippen LogP contribution < -0.4 is 49.1 Å². The summed E-state index contributed by atoms with van der Waals surface area (Å²) >= 11 is 7.67. The number of thioether (sulfide) groups is 3. The van der Waals surface area contributed by atoms with E-state index in [9.17, 15) is 56.5 Å². The first-order chi connectivity index (χ1) is 51.6. The number of hydroxylamine groups is 1. The first kappa shape index (κ1) is 108. The van der Waals surface area contributed by atoms with Crippen molar-refractivity contribution in [3.05, 3.63) is 121 Å². The van der Waals surface area contributed by atoms with E-state index in [2.05, 4.69) is 63.1 Å². The van der Waals surface area contributed by atoms with E-state index in [-0.39, 0.29) is 93.6 Å². The van der Waals surface area contributed by atoms with Gasteiger partial charge in [0.25, 0.3) is 5.91 Å². The third-order valence-corrected chi connectivity index (χ3v) is 26.4. The number of aliphatic hydroxyl groups excluding tert-OH is 2. The van der Waals surface area contributed by atoms with Crippen LogP contribution in [0.4, 0.5) is 0 Å². The molecular weight excluding hydrogens is 1680 g/mol. The number of thiol groups is 1. The number of benzene rings is 5. The number of hydrogen-bond acceptors (Lipinski definition) is 30. The number of nitrogens with one attached hydrogen (secondary N) is 4. The largest absolute Gasteiger partial charge is 0.760 e. The summed E-state index contributed by atoms with van der Waals surface area (Å²) in [7, 11) is -7.26. The molecule has 2 aliphatic heterocycles. The molecule has 0 radical (unpaired) electrons. The van der Waals surface area contributed by atoms with Crippen molar-refractivity contribution in [2.45, 2.75) is 101 Å². The van der Waals surface area contributed by atoms with E-state index in [0.717, 1.165) is 16.5 Å². The Morgan fingerprint density at radius 2 is 0.864 bits per heavy atom. The first-order valence-electron chi connectivity index (χ1n) is 33.3. The smallest absolute Gasteiger partial charge is 0.334 e. The Bertz CT molecular complexity index is 3770. The van der Waals surface area contributed by atoms with Crippen molar-refractivity contribution < 1.29 is 147 Å². The molecule has 3 unspecified atom stereocenters. The first-order valence-corrected chi connectivity index (χ1v) is 46.2. The van der Waals surface area contributed by atoms with Crippen LogP contribution in [0.1, 0.15) is 66.2 Å². The summed E-state index contributed by atoms with van der Waals surface area (Å²) in [4.78, 5) is 37.4. The molecule has 2 fully saturated rings. The Balaban J connectivity index is 0. The standard InChI is InChI=1S/C13H17NO5S2.C12H16N2O5S2.C12H17NO4S2.C10H15NO4S.C10H15NO3S2.C6H15N.C3H9NO.Ar.ClHO2S/c1-18-10-4-6-11(7-5-10)21(16,17)14-8-3-9-20-12(14)13(15)19-2;1-19-9-3-5-10(6-4-9)21(17,18)14-7-2-8-20-12(14)11(15)13-16;1-10(14)18-9-3-8-13-19(15,16)12-6-4-11(17-2)5-7-12;1-15-9-3-5-10(6-4-9)16(13,14)11-7-2-8-12;1-14-9-3-5-10(6-4-9)16(12,13)11-7-2-8-15;1-4-7(5-2)6-3;4-2-1-3-5;;1-4(2)3/h4-7,12H,3,8-9H2,1-2H3;3-6,12,16H,2,7-8H2,1H3,(H,13,15);4-7,13H,3,8-9H2,1-2H3;3-6,11-12H,2,7-8H2,1H3;3-6,11,15H,2,7-8H2,1H3;4-6H2,1-3H3;5H,1-4H2;;(H,2,3)/p-1. The average molecular weight is 1790 g/mol. The van der Waals surface area contributed by atoms with E-state index in [1.165, 1.54) is 175 Å². The van der Waals surface area contributed by atoms with Gasteiger partial charge in [-0.05, 0) is 214 Å². The van der Waals surface area contributed by atoms with Crippen molar-refractivity contribution in [3.8, 4) is 28.7 Å². The topological polar surface area (TPSA) is 462 Å². The summed E-state index contributed by atoms with van der Waals surface area (Å²) in [5.41, 5.74) is 6.50. The number of nitrogens with two attached hydrogens (primary N) is 1. The number of sulfonamides is 5. The molecular formula is C66H104ArClN8O24S10-. The number of methoxy groups -OCH3 is 6. The number of esters is 1. The summed E-state index contributed by atoms with van der Waals surface area (Å²) in [6.07, 6.45) is 3.79. The molecule has 7 rings (SSSR count). The third kappa shape index (κ3) is 42.7. The molecule has 2 aliphatic rings. The van der Waals surface area contributed by atoms with Gasteiger partial charge < -0.3 is 53.8 Å². The van der Waals surface area contributed by atoms with Crippen LogP contribution in [0.5, 0.6) is 28.7 Å². The molecule has 0 bridgehead atoms. The van der Waals surface area contributed by atoms with Gasteiger partial charge in [-0.3, -0.25) is 19.0 Å². The normalized spacial score (nSPS) is 14.5. The molecule has 2 heterocycles. The van der Waals surface area contributed by atoms with Gasteiger partial charge >= 0.3 is 5.97 Å². The molecule has 628 valence electrons. The molecule has 3 atom stereocenters. The number of halogens is 1. The van der Waals surface area contributed by atoms with Crippen LogP contribution in [-0.2, 0) is 79.5 Å². The second-order valence-electron chi connectivity index (χ2n) is 21.5. The van der Waals surface area contributed by atoms with Crippen molar-refractivity contribution in [2.24, 2.45) is 5.73 Å². The van der Waals surface area contributed by atoms with Crippen LogP contribution in [-0.4, -0.2) is 245 Å². The fourth-order valence-corrected chi connectivity index (χ4v) is 18.3. The van der Waals surface area contributed by atoms with Gasteiger partial charge in [0.2, 0.25) is 50.1 Å². The number of nitrogens with zero attached hydrogens (tertiary/aromatic N) is 3. The Hall–Kier alpha value is -3.88. The maximum atomic E-state index is 12.7. The van der Waals surface area contributed by atoms with Crippen molar-refractivity contribution in [2.75, 3.05) is 138 Å². The summed E-state index contributed by atoms with van der Waals surface area (Å²) < 4.78 is 178. The van der Waals surface area contributed by atoms with Gasteiger partial charge in [-0.2, -0.15) is 21.2 Å². The van der Waals surface area contributed by atoms with E-state index >= 15 is 0 Å². The van der Waals surface area contributed by atoms with E-state index in [0.29, 0.717) is 104 Å². The molecule has 0 spiro atoms. The number of carbonyl (C=O) groups excluding carboxylic acids is 3. The number of aliphatic hydroxyl groups is 2. The maximum Gasteiger partial charge on any atom is 0.334 e.